The van der Waals surface area contributed by atoms with Gasteiger partial charge in [-0.2, -0.15) is 0 Å². The first-order chi connectivity index (χ1) is 12.4. The molecule has 1 heterocycles. The van der Waals surface area contributed by atoms with Crippen molar-refractivity contribution in [3.63, 3.8) is 0 Å². The molecular formula is C18H16F2N2O2S2. The van der Waals surface area contributed by atoms with Crippen LogP contribution >= 0.6 is 11.3 Å². The fourth-order valence-electron chi connectivity index (χ4n) is 2.48. The Morgan fingerprint density at radius 1 is 1.12 bits per heavy atom. The lowest BCUT2D eigenvalue weighted by Gasteiger charge is -2.07. The van der Waals surface area contributed by atoms with Crippen LogP contribution in [0.15, 0.2) is 53.4 Å². The fraction of sp³-hybridized carbons (Fsp3) is 0.167. The molecule has 2 aromatic carbocycles. The molecule has 0 unspecified atom stereocenters. The molecule has 0 saturated carbocycles. The number of nitrogens with one attached hydrogen (secondary N) is 1. The summed E-state index contributed by atoms with van der Waals surface area (Å²) in [4.78, 5) is 4.89. The summed E-state index contributed by atoms with van der Waals surface area (Å²) in [5.74, 6) is -1.80. The summed E-state index contributed by atoms with van der Waals surface area (Å²) >= 11 is 1.48. The Morgan fingerprint density at radius 3 is 2.58 bits per heavy atom. The van der Waals surface area contributed by atoms with E-state index in [0.29, 0.717) is 12.5 Å². The van der Waals surface area contributed by atoms with E-state index in [1.54, 1.807) is 0 Å². The molecule has 3 aromatic rings. The zero-order valence-electron chi connectivity index (χ0n) is 13.9. The van der Waals surface area contributed by atoms with Crippen LogP contribution in [0, 0.1) is 18.6 Å². The van der Waals surface area contributed by atoms with Gasteiger partial charge in [-0.15, -0.1) is 11.3 Å². The van der Waals surface area contributed by atoms with Gasteiger partial charge >= 0.3 is 0 Å². The van der Waals surface area contributed by atoms with Crippen LogP contribution in [0.25, 0.3) is 11.3 Å². The van der Waals surface area contributed by atoms with Crippen molar-refractivity contribution in [1.82, 2.24) is 9.71 Å². The monoisotopic (exact) mass is 394 g/mol. The van der Waals surface area contributed by atoms with Gasteiger partial charge < -0.3 is 0 Å². The van der Waals surface area contributed by atoms with Crippen LogP contribution in [0.2, 0.25) is 0 Å². The van der Waals surface area contributed by atoms with Gasteiger partial charge in [-0.3, -0.25) is 0 Å². The first-order valence-corrected chi connectivity index (χ1v) is 10.1. The van der Waals surface area contributed by atoms with E-state index in [-0.39, 0.29) is 6.54 Å². The minimum Gasteiger partial charge on any atom is -0.241 e. The first-order valence-electron chi connectivity index (χ1n) is 7.83. The third kappa shape index (κ3) is 4.14. The largest absolute Gasteiger partial charge is 0.243 e. The van der Waals surface area contributed by atoms with E-state index in [0.717, 1.165) is 33.3 Å². The number of thiazole rings is 1. The molecule has 1 N–H and O–H groups in total. The fourth-order valence-corrected chi connectivity index (χ4v) is 4.55. The molecule has 3 rings (SSSR count). The molecule has 0 spiro atoms. The highest BCUT2D eigenvalue weighted by atomic mass is 32.2. The highest BCUT2D eigenvalue weighted by Gasteiger charge is 2.20. The quantitative estimate of drug-likeness (QED) is 0.689. The number of aromatic nitrogens is 1. The van der Waals surface area contributed by atoms with Gasteiger partial charge in [-0.25, -0.2) is 26.9 Å². The maximum absolute atomic E-state index is 13.7. The average molecular weight is 394 g/mol. The number of hydrogen-bond donors (Lipinski definition) is 1. The zero-order valence-corrected chi connectivity index (χ0v) is 15.5. The molecule has 136 valence electrons. The number of benzene rings is 2. The van der Waals surface area contributed by atoms with E-state index in [4.69, 9.17) is 0 Å². The number of hydrogen-bond acceptors (Lipinski definition) is 4. The zero-order chi connectivity index (χ0) is 18.7. The maximum atomic E-state index is 13.7. The number of sulfonamides is 1. The predicted molar refractivity (Wildman–Crippen MR) is 97.5 cm³/mol. The summed E-state index contributed by atoms with van der Waals surface area (Å²) < 4.78 is 53.5. The Hall–Kier alpha value is -2.16. The van der Waals surface area contributed by atoms with Crippen molar-refractivity contribution in [2.45, 2.75) is 18.2 Å². The molecule has 0 fully saturated rings. The standard InChI is InChI=1S/C18H16F2N2O2S2/c1-12-18(13-5-3-2-4-6-13)22-17(25-12)9-10-21-26(23,24)16-11-14(19)7-8-15(16)20/h2-8,11,21H,9-10H2,1H3. The van der Waals surface area contributed by atoms with Gasteiger partial charge in [0.05, 0.1) is 10.7 Å². The van der Waals surface area contributed by atoms with Crippen LogP contribution in [0.5, 0.6) is 0 Å². The van der Waals surface area contributed by atoms with Gasteiger partial charge in [0, 0.05) is 23.4 Å². The molecule has 26 heavy (non-hydrogen) atoms. The number of halogens is 2. The van der Waals surface area contributed by atoms with Crippen LogP contribution in [-0.2, 0) is 16.4 Å². The van der Waals surface area contributed by atoms with E-state index >= 15 is 0 Å². The third-order valence-corrected chi connectivity index (χ3v) is 6.21. The maximum Gasteiger partial charge on any atom is 0.243 e. The van der Waals surface area contributed by atoms with E-state index in [9.17, 15) is 17.2 Å². The Balaban J connectivity index is 1.69. The summed E-state index contributed by atoms with van der Waals surface area (Å²) in [5.41, 5.74) is 1.86. The highest BCUT2D eigenvalue weighted by molar-refractivity contribution is 7.89. The van der Waals surface area contributed by atoms with Gasteiger partial charge in [0.15, 0.2) is 0 Å². The molecule has 0 aliphatic rings. The van der Waals surface area contributed by atoms with Crippen LogP contribution in [0.1, 0.15) is 9.88 Å². The molecule has 0 bridgehead atoms. The van der Waals surface area contributed by atoms with Gasteiger partial charge in [0.2, 0.25) is 10.0 Å². The Morgan fingerprint density at radius 2 is 1.85 bits per heavy atom. The molecular weight excluding hydrogens is 378 g/mol. The summed E-state index contributed by atoms with van der Waals surface area (Å²) in [6, 6.07) is 12.0. The molecule has 0 atom stereocenters. The summed E-state index contributed by atoms with van der Waals surface area (Å²) in [6.07, 6.45) is 0.356. The number of rotatable bonds is 6. The summed E-state index contributed by atoms with van der Waals surface area (Å²) in [6.45, 7) is 2.00. The Kier molecular flexibility index (Phi) is 5.45. The minimum absolute atomic E-state index is 0.0411. The molecule has 0 amide bonds. The Labute approximate surface area is 154 Å². The minimum atomic E-state index is -4.13. The van der Waals surface area contributed by atoms with E-state index in [1.807, 2.05) is 37.3 Å². The molecule has 0 radical (unpaired) electrons. The van der Waals surface area contributed by atoms with Gasteiger partial charge in [-0.05, 0) is 25.1 Å². The highest BCUT2D eigenvalue weighted by Crippen LogP contribution is 2.27. The normalized spacial score (nSPS) is 11.7. The molecule has 0 aliphatic heterocycles. The molecule has 8 heteroatoms. The second-order valence-corrected chi connectivity index (χ2v) is 8.62. The first kappa shape index (κ1) is 18.6. The van der Waals surface area contributed by atoms with Crippen molar-refractivity contribution in [2.75, 3.05) is 6.54 Å². The second kappa shape index (κ2) is 7.61. The van der Waals surface area contributed by atoms with Crippen molar-refractivity contribution in [3.05, 3.63) is 70.1 Å². The van der Waals surface area contributed by atoms with Crippen LogP contribution < -0.4 is 4.72 Å². The van der Waals surface area contributed by atoms with Crippen molar-refractivity contribution < 1.29 is 17.2 Å². The van der Waals surface area contributed by atoms with Crippen molar-refractivity contribution in [3.8, 4) is 11.3 Å². The van der Waals surface area contributed by atoms with Crippen LogP contribution in [-0.4, -0.2) is 19.9 Å². The van der Waals surface area contributed by atoms with Gasteiger partial charge in [0.1, 0.15) is 16.5 Å². The summed E-state index contributed by atoms with van der Waals surface area (Å²) in [5, 5.41) is 0.767. The smallest absolute Gasteiger partial charge is 0.241 e. The van der Waals surface area contributed by atoms with Crippen LogP contribution in [0.4, 0.5) is 8.78 Å². The number of aryl methyl sites for hydroxylation is 1. The SMILES string of the molecule is Cc1sc(CCNS(=O)(=O)c2cc(F)ccc2F)nc1-c1ccccc1. The third-order valence-electron chi connectivity index (χ3n) is 3.70. The van der Waals surface area contributed by atoms with Crippen molar-refractivity contribution >= 4 is 21.4 Å². The second-order valence-electron chi connectivity index (χ2n) is 5.60. The van der Waals surface area contributed by atoms with E-state index < -0.39 is 26.6 Å². The summed E-state index contributed by atoms with van der Waals surface area (Å²) in [7, 11) is -4.13. The molecule has 1 aromatic heterocycles. The van der Waals surface area contributed by atoms with E-state index in [1.165, 1.54) is 11.3 Å². The lowest BCUT2D eigenvalue weighted by atomic mass is 10.1. The molecule has 0 saturated heterocycles. The number of nitrogens with zero attached hydrogens (tertiary/aromatic N) is 1. The van der Waals surface area contributed by atoms with Crippen molar-refractivity contribution in [2.24, 2.45) is 0 Å². The lowest BCUT2D eigenvalue weighted by Crippen LogP contribution is -2.27. The average Bonchev–Trinajstić information content (AvgIpc) is 2.98. The topological polar surface area (TPSA) is 59.1 Å². The predicted octanol–water partition coefficient (Wildman–Crippen LogP) is 3.92. The van der Waals surface area contributed by atoms with Gasteiger partial charge in [0.25, 0.3) is 0 Å². The van der Waals surface area contributed by atoms with Gasteiger partial charge in [-0.1, -0.05) is 30.3 Å². The Bertz CT molecular complexity index is 1020. The van der Waals surface area contributed by atoms with Crippen LogP contribution in [0.3, 0.4) is 0 Å². The molecule has 4 nitrogen and oxygen atoms in total. The lowest BCUT2D eigenvalue weighted by molar-refractivity contribution is 0.546. The van der Waals surface area contributed by atoms with E-state index in [2.05, 4.69) is 9.71 Å². The van der Waals surface area contributed by atoms with Crippen molar-refractivity contribution in [1.29, 1.82) is 0 Å². The molecule has 0 aliphatic carbocycles.